The van der Waals surface area contributed by atoms with E-state index < -0.39 is 0 Å². The highest BCUT2D eigenvalue weighted by Gasteiger charge is 2.18. The van der Waals surface area contributed by atoms with E-state index in [-0.39, 0.29) is 6.10 Å². The van der Waals surface area contributed by atoms with Gasteiger partial charge in [-0.3, -0.25) is 0 Å². The molecule has 1 heterocycles. The minimum absolute atomic E-state index is 0.0864. The van der Waals surface area contributed by atoms with Crippen LogP contribution in [0.3, 0.4) is 0 Å². The Morgan fingerprint density at radius 3 is 2.75 bits per heavy atom. The summed E-state index contributed by atoms with van der Waals surface area (Å²) in [7, 11) is 0. The van der Waals surface area contributed by atoms with Crippen molar-refractivity contribution in [1.82, 2.24) is 15.5 Å². The predicted octanol–water partition coefficient (Wildman–Crippen LogP) is 0.814. The van der Waals surface area contributed by atoms with E-state index in [1.807, 2.05) is 6.92 Å². The van der Waals surface area contributed by atoms with Crippen LogP contribution in [0.25, 0.3) is 0 Å². The molecule has 2 rings (SSSR count). The molecule has 0 amide bonds. The molecule has 1 saturated carbocycles. The second-order valence-electron chi connectivity index (χ2n) is 4.44. The van der Waals surface area contributed by atoms with Crippen molar-refractivity contribution < 1.29 is 9.63 Å². The number of hydrogen-bond acceptors (Lipinski definition) is 5. The number of nitrogens with one attached hydrogen (secondary N) is 1. The maximum atomic E-state index is 9.37. The van der Waals surface area contributed by atoms with Gasteiger partial charge in [-0.2, -0.15) is 4.98 Å². The van der Waals surface area contributed by atoms with Crippen LogP contribution >= 0.6 is 0 Å². The molecular formula is C11H19N3O2. The number of hydrogen-bond donors (Lipinski definition) is 2. The van der Waals surface area contributed by atoms with Crippen molar-refractivity contribution in [2.75, 3.05) is 6.54 Å². The Kier molecular flexibility index (Phi) is 3.90. The summed E-state index contributed by atoms with van der Waals surface area (Å²) in [6, 6.07) is 0.535. The molecule has 5 heteroatoms. The third-order valence-electron chi connectivity index (χ3n) is 3.04. The number of aromatic nitrogens is 2. The molecule has 0 saturated heterocycles. The number of aliphatic hydroxyl groups is 1. The van der Waals surface area contributed by atoms with E-state index >= 15 is 0 Å². The summed E-state index contributed by atoms with van der Waals surface area (Å²) in [4.78, 5) is 4.15. The number of rotatable bonds is 4. The molecule has 0 bridgehead atoms. The topological polar surface area (TPSA) is 71.2 Å². The second-order valence-corrected chi connectivity index (χ2v) is 4.44. The SMILES string of the molecule is Cc1noc(CCNC2CCC(O)CC2)n1. The monoisotopic (exact) mass is 225 g/mol. The molecule has 2 N–H and O–H groups in total. The molecule has 90 valence electrons. The summed E-state index contributed by atoms with van der Waals surface area (Å²) in [6.45, 7) is 2.69. The van der Waals surface area contributed by atoms with Gasteiger partial charge in [0.25, 0.3) is 0 Å². The van der Waals surface area contributed by atoms with Crippen LogP contribution in [0.2, 0.25) is 0 Å². The second kappa shape index (κ2) is 5.41. The van der Waals surface area contributed by atoms with Crippen LogP contribution in [0.4, 0.5) is 0 Å². The third kappa shape index (κ3) is 3.28. The van der Waals surface area contributed by atoms with Crippen LogP contribution in [0, 0.1) is 6.92 Å². The van der Waals surface area contributed by atoms with Gasteiger partial charge in [0.2, 0.25) is 5.89 Å². The summed E-state index contributed by atoms with van der Waals surface area (Å²) < 4.78 is 5.03. The zero-order valence-corrected chi connectivity index (χ0v) is 9.65. The van der Waals surface area contributed by atoms with Crippen LogP contribution in [-0.4, -0.2) is 33.9 Å². The van der Waals surface area contributed by atoms with Crippen molar-refractivity contribution >= 4 is 0 Å². The van der Waals surface area contributed by atoms with Crippen molar-refractivity contribution in [1.29, 1.82) is 0 Å². The maximum absolute atomic E-state index is 9.37. The lowest BCUT2D eigenvalue weighted by atomic mass is 9.93. The minimum atomic E-state index is -0.0864. The van der Waals surface area contributed by atoms with Gasteiger partial charge in [-0.25, -0.2) is 0 Å². The summed E-state index contributed by atoms with van der Waals surface area (Å²) >= 11 is 0. The number of aryl methyl sites for hydroxylation is 1. The van der Waals surface area contributed by atoms with Gasteiger partial charge in [0.1, 0.15) is 0 Å². The lowest BCUT2D eigenvalue weighted by Gasteiger charge is -2.26. The molecule has 0 aliphatic heterocycles. The summed E-state index contributed by atoms with van der Waals surface area (Å²) in [5.41, 5.74) is 0. The first kappa shape index (κ1) is 11.5. The minimum Gasteiger partial charge on any atom is -0.393 e. The van der Waals surface area contributed by atoms with Gasteiger partial charge in [-0.05, 0) is 32.6 Å². The van der Waals surface area contributed by atoms with E-state index in [1.54, 1.807) is 0 Å². The van der Waals surface area contributed by atoms with E-state index in [4.69, 9.17) is 4.52 Å². The fourth-order valence-electron chi connectivity index (χ4n) is 2.10. The molecule has 1 aromatic rings. The molecule has 1 aliphatic rings. The van der Waals surface area contributed by atoms with Gasteiger partial charge in [0.05, 0.1) is 6.10 Å². The van der Waals surface area contributed by atoms with E-state index in [9.17, 15) is 5.11 Å². The Morgan fingerprint density at radius 2 is 2.12 bits per heavy atom. The largest absolute Gasteiger partial charge is 0.393 e. The van der Waals surface area contributed by atoms with E-state index in [1.165, 1.54) is 0 Å². The molecule has 1 fully saturated rings. The molecule has 0 unspecified atom stereocenters. The molecule has 0 atom stereocenters. The lowest BCUT2D eigenvalue weighted by molar-refractivity contribution is 0.117. The Morgan fingerprint density at radius 1 is 1.38 bits per heavy atom. The summed E-state index contributed by atoms with van der Waals surface area (Å²) in [5.74, 6) is 1.39. The van der Waals surface area contributed by atoms with E-state index in [2.05, 4.69) is 15.5 Å². The zero-order chi connectivity index (χ0) is 11.4. The molecule has 0 radical (unpaired) electrons. The molecule has 1 aliphatic carbocycles. The zero-order valence-electron chi connectivity index (χ0n) is 9.65. The Hall–Kier alpha value is -0.940. The van der Waals surface area contributed by atoms with Gasteiger partial charge >= 0.3 is 0 Å². The van der Waals surface area contributed by atoms with Crippen molar-refractivity contribution in [2.45, 2.75) is 51.2 Å². The van der Waals surface area contributed by atoms with Gasteiger partial charge in [-0.1, -0.05) is 5.16 Å². The first-order chi connectivity index (χ1) is 7.74. The van der Waals surface area contributed by atoms with Gasteiger partial charge in [0, 0.05) is 19.0 Å². The third-order valence-corrected chi connectivity index (χ3v) is 3.04. The quantitative estimate of drug-likeness (QED) is 0.793. The Bertz CT molecular complexity index is 319. The van der Waals surface area contributed by atoms with Crippen LogP contribution in [0.1, 0.15) is 37.4 Å². The van der Waals surface area contributed by atoms with Crippen molar-refractivity contribution in [3.63, 3.8) is 0 Å². The van der Waals surface area contributed by atoms with Crippen molar-refractivity contribution in [3.05, 3.63) is 11.7 Å². The van der Waals surface area contributed by atoms with Gasteiger partial charge in [-0.15, -0.1) is 0 Å². The first-order valence-corrected chi connectivity index (χ1v) is 5.94. The van der Waals surface area contributed by atoms with Crippen LogP contribution in [0.5, 0.6) is 0 Å². The molecule has 1 aromatic heterocycles. The summed E-state index contributed by atoms with van der Waals surface area (Å²) in [6.07, 6.45) is 4.64. The molecule has 0 aromatic carbocycles. The predicted molar refractivity (Wildman–Crippen MR) is 59.0 cm³/mol. The summed E-state index contributed by atoms with van der Waals surface area (Å²) in [5, 5.41) is 16.6. The average molecular weight is 225 g/mol. The van der Waals surface area contributed by atoms with Crippen LogP contribution in [0.15, 0.2) is 4.52 Å². The van der Waals surface area contributed by atoms with Crippen LogP contribution < -0.4 is 5.32 Å². The van der Waals surface area contributed by atoms with Gasteiger partial charge < -0.3 is 14.9 Å². The fourth-order valence-corrected chi connectivity index (χ4v) is 2.10. The van der Waals surface area contributed by atoms with E-state index in [0.717, 1.165) is 38.6 Å². The molecular weight excluding hydrogens is 206 g/mol. The normalized spacial score (nSPS) is 25.9. The molecule has 5 nitrogen and oxygen atoms in total. The van der Waals surface area contributed by atoms with Crippen LogP contribution in [-0.2, 0) is 6.42 Å². The maximum Gasteiger partial charge on any atom is 0.227 e. The Balaban J connectivity index is 1.64. The molecule has 16 heavy (non-hydrogen) atoms. The highest BCUT2D eigenvalue weighted by Crippen LogP contribution is 2.18. The first-order valence-electron chi connectivity index (χ1n) is 5.94. The smallest absolute Gasteiger partial charge is 0.227 e. The number of aliphatic hydroxyl groups excluding tert-OH is 1. The average Bonchev–Trinajstić information content (AvgIpc) is 2.67. The van der Waals surface area contributed by atoms with Gasteiger partial charge in [0.15, 0.2) is 5.82 Å². The standard InChI is InChI=1S/C11H19N3O2/c1-8-13-11(16-14-8)6-7-12-9-2-4-10(15)5-3-9/h9-10,12,15H,2-7H2,1H3. The Labute approximate surface area is 95.2 Å². The van der Waals surface area contributed by atoms with E-state index in [0.29, 0.717) is 17.8 Å². The number of nitrogens with zero attached hydrogens (tertiary/aromatic N) is 2. The highest BCUT2D eigenvalue weighted by molar-refractivity contribution is 4.84. The highest BCUT2D eigenvalue weighted by atomic mass is 16.5. The van der Waals surface area contributed by atoms with Crippen molar-refractivity contribution in [2.24, 2.45) is 0 Å². The fraction of sp³-hybridized carbons (Fsp3) is 0.818. The van der Waals surface area contributed by atoms with Crippen molar-refractivity contribution in [3.8, 4) is 0 Å². The molecule has 0 spiro atoms. The lowest BCUT2D eigenvalue weighted by Crippen LogP contribution is -2.35.